The summed E-state index contributed by atoms with van der Waals surface area (Å²) in [5.41, 5.74) is 15.0. The number of fused-ring (bicyclic) bond motifs is 1. The summed E-state index contributed by atoms with van der Waals surface area (Å²) in [6, 6.07) is 5.62. The third kappa shape index (κ3) is 5.78. The Morgan fingerprint density at radius 2 is 1.97 bits per heavy atom. The molecule has 204 valence electrons. The number of hydrogen-bond donors (Lipinski definition) is 3. The number of rotatable bonds is 6. The normalized spacial score (nSPS) is 16.2. The van der Waals surface area contributed by atoms with Crippen LogP contribution in [0.4, 0.5) is 36.3 Å². The molecule has 0 radical (unpaired) electrons. The van der Waals surface area contributed by atoms with Crippen molar-refractivity contribution < 1.29 is 13.2 Å². The van der Waals surface area contributed by atoms with E-state index in [0.29, 0.717) is 40.8 Å². The molecule has 4 aromatic rings. The number of alkyl halides is 3. The Morgan fingerprint density at radius 1 is 1.18 bits per heavy atom. The number of halogens is 4. The second-order valence-corrected chi connectivity index (χ2v) is 9.59. The summed E-state index contributed by atoms with van der Waals surface area (Å²) >= 11 is 0. The number of nitrogens with two attached hydrogens (primary N) is 2. The lowest BCUT2D eigenvalue weighted by atomic mass is 10.0. The molecule has 5 heterocycles. The molecule has 10 nitrogen and oxygen atoms in total. The van der Waals surface area contributed by atoms with Gasteiger partial charge in [0.25, 0.3) is 0 Å². The first-order chi connectivity index (χ1) is 17.6. The lowest BCUT2D eigenvalue weighted by Gasteiger charge is -2.34. The monoisotopic (exact) mass is 550 g/mol. The number of nitrogens with zero attached hydrogens (tertiary/aromatic N) is 7. The Labute approximate surface area is 223 Å². The average Bonchev–Trinajstić information content (AvgIpc) is 3.42. The summed E-state index contributed by atoms with van der Waals surface area (Å²) in [5.74, 6) is 1.52. The fourth-order valence-corrected chi connectivity index (χ4v) is 4.60. The molecule has 1 aliphatic rings. The smallest absolute Gasteiger partial charge is 0.382 e. The molecule has 5 rings (SSSR count). The Kier molecular flexibility index (Phi) is 7.70. The highest BCUT2D eigenvalue weighted by atomic mass is 35.5. The van der Waals surface area contributed by atoms with Crippen LogP contribution in [-0.2, 0) is 6.54 Å². The van der Waals surface area contributed by atoms with Crippen LogP contribution in [0, 0.1) is 0 Å². The van der Waals surface area contributed by atoms with Gasteiger partial charge in [0.15, 0.2) is 11.5 Å². The van der Waals surface area contributed by atoms with Crippen LogP contribution in [0.2, 0.25) is 0 Å². The topological polar surface area (TPSA) is 129 Å². The highest BCUT2D eigenvalue weighted by Crippen LogP contribution is 2.35. The summed E-state index contributed by atoms with van der Waals surface area (Å²) in [4.78, 5) is 11.4. The predicted molar refractivity (Wildman–Crippen MR) is 144 cm³/mol. The molecule has 0 bridgehead atoms. The third-order valence-corrected chi connectivity index (χ3v) is 6.30. The lowest BCUT2D eigenvalue weighted by molar-refractivity contribution is -0.142. The molecular formula is C24H30ClF3N10. The van der Waals surface area contributed by atoms with E-state index in [-0.39, 0.29) is 24.5 Å². The zero-order valence-corrected chi connectivity index (χ0v) is 21.8. The summed E-state index contributed by atoms with van der Waals surface area (Å²) in [6.45, 7) is 4.25. The van der Waals surface area contributed by atoms with Gasteiger partial charge >= 0.3 is 6.18 Å². The van der Waals surface area contributed by atoms with E-state index in [1.54, 1.807) is 16.9 Å². The van der Waals surface area contributed by atoms with Crippen LogP contribution in [0.15, 0.2) is 36.8 Å². The number of nitrogens with one attached hydrogen (secondary N) is 1. The van der Waals surface area contributed by atoms with Crippen molar-refractivity contribution in [2.75, 3.05) is 29.0 Å². The van der Waals surface area contributed by atoms with Gasteiger partial charge in [-0.1, -0.05) is 0 Å². The number of piperidine rings is 1. The summed E-state index contributed by atoms with van der Waals surface area (Å²) in [6.07, 6.45) is 1.93. The first-order valence-corrected chi connectivity index (χ1v) is 12.1. The number of hydrogen-bond acceptors (Lipinski definition) is 8. The van der Waals surface area contributed by atoms with Crippen molar-refractivity contribution in [3.8, 4) is 11.1 Å². The molecule has 1 atom stereocenters. The highest BCUT2D eigenvalue weighted by Gasteiger charge is 2.29. The van der Waals surface area contributed by atoms with E-state index in [1.165, 1.54) is 12.4 Å². The molecule has 14 heteroatoms. The van der Waals surface area contributed by atoms with Crippen molar-refractivity contribution in [1.82, 2.24) is 29.5 Å². The van der Waals surface area contributed by atoms with Gasteiger partial charge in [-0.15, -0.1) is 12.4 Å². The lowest BCUT2D eigenvalue weighted by Crippen LogP contribution is -2.43. The van der Waals surface area contributed by atoms with Crippen LogP contribution in [0.1, 0.15) is 32.7 Å². The maximum Gasteiger partial charge on any atom is 0.408 e. The molecule has 1 fully saturated rings. The van der Waals surface area contributed by atoms with Crippen molar-refractivity contribution in [2.24, 2.45) is 5.73 Å². The fraction of sp³-hybridized carbons (Fsp3) is 0.417. The van der Waals surface area contributed by atoms with Gasteiger partial charge in [-0.05, 0) is 38.8 Å². The van der Waals surface area contributed by atoms with Crippen LogP contribution in [0.5, 0.6) is 0 Å². The molecule has 38 heavy (non-hydrogen) atoms. The van der Waals surface area contributed by atoms with Crippen LogP contribution in [0.25, 0.3) is 22.2 Å². The van der Waals surface area contributed by atoms with Gasteiger partial charge in [-0.3, -0.25) is 4.68 Å². The number of pyridine rings is 2. The second kappa shape index (κ2) is 10.7. The molecule has 1 saturated heterocycles. The maximum absolute atomic E-state index is 12.9. The molecular weight excluding hydrogens is 521 g/mol. The van der Waals surface area contributed by atoms with E-state index in [1.807, 2.05) is 26.0 Å². The van der Waals surface area contributed by atoms with Crippen molar-refractivity contribution in [3.05, 3.63) is 36.8 Å². The van der Waals surface area contributed by atoms with Crippen LogP contribution >= 0.6 is 12.4 Å². The van der Waals surface area contributed by atoms with Gasteiger partial charge < -0.3 is 21.7 Å². The summed E-state index contributed by atoms with van der Waals surface area (Å²) < 4.78 is 41.3. The Morgan fingerprint density at radius 3 is 2.68 bits per heavy atom. The van der Waals surface area contributed by atoms with Crippen molar-refractivity contribution in [3.63, 3.8) is 0 Å². The SMILES string of the molecule is CC(C)n1nc(N)c2ccc(Nc3cc(N4CCC[C@H](N)C4)c(-c4cnn(CC(F)(F)F)c4)cn3)nc21.Cl. The average molecular weight is 551 g/mol. The first kappa shape index (κ1) is 27.5. The van der Waals surface area contributed by atoms with Gasteiger partial charge in [0, 0.05) is 60.4 Å². The highest BCUT2D eigenvalue weighted by molar-refractivity contribution is 5.88. The molecule has 0 aromatic carbocycles. The predicted octanol–water partition coefficient (Wildman–Crippen LogP) is 4.51. The van der Waals surface area contributed by atoms with Gasteiger partial charge in [0.05, 0.1) is 11.6 Å². The molecule has 0 unspecified atom stereocenters. The molecule has 1 aliphatic heterocycles. The quantitative estimate of drug-likeness (QED) is 0.320. The zero-order valence-electron chi connectivity index (χ0n) is 21.0. The Balaban J connectivity index is 0.00000336. The largest absolute Gasteiger partial charge is 0.408 e. The molecule has 0 aliphatic carbocycles. The van der Waals surface area contributed by atoms with Crippen molar-refractivity contribution in [2.45, 2.75) is 51.5 Å². The van der Waals surface area contributed by atoms with E-state index in [0.717, 1.165) is 35.1 Å². The number of anilines is 4. The van der Waals surface area contributed by atoms with E-state index in [4.69, 9.17) is 16.5 Å². The molecule has 0 saturated carbocycles. The van der Waals surface area contributed by atoms with Gasteiger partial charge in [-0.2, -0.15) is 23.4 Å². The number of aromatic nitrogens is 6. The third-order valence-electron chi connectivity index (χ3n) is 6.30. The number of nitrogen functional groups attached to an aromatic ring is 1. The summed E-state index contributed by atoms with van der Waals surface area (Å²) in [5, 5.41) is 12.3. The van der Waals surface area contributed by atoms with Crippen LogP contribution in [-0.4, -0.2) is 54.8 Å². The van der Waals surface area contributed by atoms with Gasteiger partial charge in [0.2, 0.25) is 0 Å². The van der Waals surface area contributed by atoms with Crippen molar-refractivity contribution in [1.29, 1.82) is 0 Å². The maximum atomic E-state index is 12.9. The van der Waals surface area contributed by atoms with Crippen molar-refractivity contribution >= 4 is 46.6 Å². The standard InChI is InChI=1S/C24H29F3N10.ClH/c1-14(2)37-23-17(22(29)34-37)5-6-20(33-23)32-21-8-19(35-7-3-4-16(28)12-35)18(10-30-21)15-9-31-36(11-15)13-24(25,26)27;/h5-6,8-11,14,16H,3-4,7,12-13,28H2,1-2H3,(H2,29,34)(H,30,32,33);1H/t16-;/m0./s1. The zero-order chi connectivity index (χ0) is 26.3. The minimum Gasteiger partial charge on any atom is -0.382 e. The molecule has 0 amide bonds. The second-order valence-electron chi connectivity index (χ2n) is 9.59. The van der Waals surface area contributed by atoms with Gasteiger partial charge in [-0.25, -0.2) is 14.6 Å². The van der Waals surface area contributed by atoms with Crippen LogP contribution < -0.4 is 21.7 Å². The Hall–Kier alpha value is -3.58. The minimum atomic E-state index is -4.36. The minimum absolute atomic E-state index is 0. The van der Waals surface area contributed by atoms with Crippen LogP contribution in [0.3, 0.4) is 0 Å². The Bertz CT molecular complexity index is 1410. The van der Waals surface area contributed by atoms with E-state index < -0.39 is 12.7 Å². The molecule has 4 aromatic heterocycles. The molecule has 0 spiro atoms. The van der Waals surface area contributed by atoms with E-state index in [2.05, 4.69) is 25.4 Å². The fourth-order valence-electron chi connectivity index (χ4n) is 4.60. The van der Waals surface area contributed by atoms with E-state index >= 15 is 0 Å². The summed E-state index contributed by atoms with van der Waals surface area (Å²) in [7, 11) is 0. The molecule has 5 N–H and O–H groups in total. The van der Waals surface area contributed by atoms with E-state index in [9.17, 15) is 13.2 Å². The first-order valence-electron chi connectivity index (χ1n) is 12.1. The van der Waals surface area contributed by atoms with Gasteiger partial charge in [0.1, 0.15) is 18.2 Å².